The van der Waals surface area contributed by atoms with Crippen LogP contribution in [0.2, 0.25) is 0 Å². The van der Waals surface area contributed by atoms with E-state index in [1.807, 2.05) is 20.8 Å². The summed E-state index contributed by atoms with van der Waals surface area (Å²) in [7, 11) is 0. The predicted octanol–water partition coefficient (Wildman–Crippen LogP) is 1.71. The molecule has 0 radical (unpaired) electrons. The van der Waals surface area contributed by atoms with Gasteiger partial charge in [-0.2, -0.15) is 4.98 Å². The molecule has 0 bridgehead atoms. The highest BCUT2D eigenvalue weighted by Gasteiger charge is 2.24. The standard InChI is InChI=1S/C12H24N4O/c1-6-16(7-2)8-9(13)10-14-11(17-15-10)12(3,4)5/h9H,6-8,13H2,1-5H3. The maximum atomic E-state index is 6.08. The first-order chi connectivity index (χ1) is 7.88. The van der Waals surface area contributed by atoms with Gasteiger partial charge in [-0.15, -0.1) is 0 Å². The summed E-state index contributed by atoms with van der Waals surface area (Å²) >= 11 is 0. The van der Waals surface area contributed by atoms with Gasteiger partial charge in [-0.3, -0.25) is 0 Å². The maximum absolute atomic E-state index is 6.08. The van der Waals surface area contributed by atoms with E-state index in [1.54, 1.807) is 0 Å². The highest BCUT2D eigenvalue weighted by atomic mass is 16.5. The molecule has 17 heavy (non-hydrogen) atoms. The number of aromatic nitrogens is 2. The van der Waals surface area contributed by atoms with Crippen LogP contribution in [0.5, 0.6) is 0 Å². The first kappa shape index (κ1) is 14.1. The molecule has 1 atom stereocenters. The van der Waals surface area contributed by atoms with Gasteiger partial charge in [0.05, 0.1) is 6.04 Å². The molecule has 0 spiro atoms. The van der Waals surface area contributed by atoms with Gasteiger partial charge in [0.2, 0.25) is 5.89 Å². The molecule has 0 saturated heterocycles. The Balaban J connectivity index is 2.70. The van der Waals surface area contributed by atoms with E-state index < -0.39 is 0 Å². The van der Waals surface area contributed by atoms with Crippen LogP contribution in [-0.4, -0.2) is 34.7 Å². The topological polar surface area (TPSA) is 68.2 Å². The fourth-order valence-electron chi connectivity index (χ4n) is 1.53. The average Bonchev–Trinajstić information content (AvgIpc) is 2.74. The fraction of sp³-hybridized carbons (Fsp3) is 0.833. The quantitative estimate of drug-likeness (QED) is 0.848. The van der Waals surface area contributed by atoms with Gasteiger partial charge in [-0.1, -0.05) is 39.8 Å². The Morgan fingerprint density at radius 3 is 2.29 bits per heavy atom. The minimum Gasteiger partial charge on any atom is -0.339 e. The number of likely N-dealkylation sites (N-methyl/N-ethyl adjacent to an activating group) is 1. The van der Waals surface area contributed by atoms with Crippen molar-refractivity contribution in [2.45, 2.75) is 46.1 Å². The van der Waals surface area contributed by atoms with E-state index in [9.17, 15) is 0 Å². The van der Waals surface area contributed by atoms with Gasteiger partial charge >= 0.3 is 0 Å². The van der Waals surface area contributed by atoms with Crippen LogP contribution in [-0.2, 0) is 5.41 Å². The zero-order chi connectivity index (χ0) is 13.1. The minimum atomic E-state index is -0.185. The molecule has 0 amide bonds. The molecule has 0 aromatic carbocycles. The lowest BCUT2D eigenvalue weighted by Crippen LogP contribution is -2.32. The van der Waals surface area contributed by atoms with Crippen LogP contribution >= 0.6 is 0 Å². The molecule has 98 valence electrons. The Hall–Kier alpha value is -0.940. The van der Waals surface area contributed by atoms with Crippen LogP contribution in [0.4, 0.5) is 0 Å². The third-order valence-corrected chi connectivity index (χ3v) is 2.76. The Bertz CT molecular complexity index is 339. The first-order valence-electron chi connectivity index (χ1n) is 6.20. The van der Waals surface area contributed by atoms with Gasteiger partial charge in [0, 0.05) is 12.0 Å². The van der Waals surface area contributed by atoms with E-state index >= 15 is 0 Å². The van der Waals surface area contributed by atoms with Crippen molar-refractivity contribution in [2.24, 2.45) is 5.73 Å². The Labute approximate surface area is 103 Å². The van der Waals surface area contributed by atoms with Gasteiger partial charge in [-0.25, -0.2) is 0 Å². The summed E-state index contributed by atoms with van der Waals surface area (Å²) in [5.41, 5.74) is 5.95. The summed E-state index contributed by atoms with van der Waals surface area (Å²) in [6.07, 6.45) is 0. The van der Waals surface area contributed by atoms with Crippen LogP contribution in [0.3, 0.4) is 0 Å². The lowest BCUT2D eigenvalue weighted by molar-refractivity contribution is 0.275. The van der Waals surface area contributed by atoms with E-state index in [0.29, 0.717) is 11.7 Å². The summed E-state index contributed by atoms with van der Waals surface area (Å²) in [4.78, 5) is 6.62. The third-order valence-electron chi connectivity index (χ3n) is 2.76. The summed E-state index contributed by atoms with van der Waals surface area (Å²) in [6.45, 7) is 13.1. The second kappa shape index (κ2) is 5.60. The molecule has 1 aromatic heterocycles. The molecule has 1 rings (SSSR count). The number of hydrogen-bond donors (Lipinski definition) is 1. The van der Waals surface area contributed by atoms with Crippen LogP contribution in [0.1, 0.15) is 52.4 Å². The van der Waals surface area contributed by atoms with Gasteiger partial charge in [0.15, 0.2) is 5.82 Å². The molecule has 1 heterocycles. The van der Waals surface area contributed by atoms with Gasteiger partial charge in [0.25, 0.3) is 0 Å². The second-order valence-corrected chi connectivity index (χ2v) is 5.30. The maximum Gasteiger partial charge on any atom is 0.232 e. The summed E-state index contributed by atoms with van der Waals surface area (Å²) < 4.78 is 5.24. The van der Waals surface area contributed by atoms with E-state index in [2.05, 4.69) is 28.9 Å². The zero-order valence-corrected chi connectivity index (χ0v) is 11.5. The molecular weight excluding hydrogens is 216 g/mol. The van der Waals surface area contributed by atoms with Crippen molar-refractivity contribution in [3.63, 3.8) is 0 Å². The van der Waals surface area contributed by atoms with Crippen molar-refractivity contribution in [3.8, 4) is 0 Å². The molecule has 2 N–H and O–H groups in total. The van der Waals surface area contributed by atoms with E-state index in [4.69, 9.17) is 10.3 Å². The number of hydrogen-bond acceptors (Lipinski definition) is 5. The van der Waals surface area contributed by atoms with Crippen LogP contribution in [0.15, 0.2) is 4.52 Å². The second-order valence-electron chi connectivity index (χ2n) is 5.30. The molecule has 5 nitrogen and oxygen atoms in total. The zero-order valence-electron chi connectivity index (χ0n) is 11.5. The van der Waals surface area contributed by atoms with E-state index in [1.165, 1.54) is 0 Å². The molecule has 0 saturated carbocycles. The largest absolute Gasteiger partial charge is 0.339 e. The Morgan fingerprint density at radius 1 is 1.29 bits per heavy atom. The van der Waals surface area contributed by atoms with Gasteiger partial charge in [-0.05, 0) is 13.1 Å². The van der Waals surface area contributed by atoms with Crippen molar-refractivity contribution < 1.29 is 4.52 Å². The molecule has 1 aromatic rings. The average molecular weight is 240 g/mol. The Morgan fingerprint density at radius 2 is 1.88 bits per heavy atom. The monoisotopic (exact) mass is 240 g/mol. The van der Waals surface area contributed by atoms with E-state index in [-0.39, 0.29) is 11.5 Å². The molecule has 0 aliphatic carbocycles. The molecule has 0 aliphatic rings. The minimum absolute atomic E-state index is 0.125. The predicted molar refractivity (Wildman–Crippen MR) is 67.7 cm³/mol. The first-order valence-corrected chi connectivity index (χ1v) is 6.20. The molecular formula is C12H24N4O. The summed E-state index contributed by atoms with van der Waals surface area (Å²) in [5, 5.41) is 3.97. The SMILES string of the molecule is CCN(CC)CC(N)c1noc(C(C)(C)C)n1. The smallest absolute Gasteiger partial charge is 0.232 e. The highest BCUT2D eigenvalue weighted by molar-refractivity contribution is 5.01. The highest BCUT2D eigenvalue weighted by Crippen LogP contribution is 2.21. The lowest BCUT2D eigenvalue weighted by Gasteiger charge is -2.20. The lowest BCUT2D eigenvalue weighted by atomic mass is 9.97. The van der Waals surface area contributed by atoms with Crippen LogP contribution in [0.25, 0.3) is 0 Å². The molecule has 1 unspecified atom stereocenters. The molecule has 0 fully saturated rings. The normalized spacial score (nSPS) is 14.3. The molecule has 5 heteroatoms. The van der Waals surface area contributed by atoms with Crippen molar-refractivity contribution in [2.75, 3.05) is 19.6 Å². The number of nitrogens with two attached hydrogens (primary N) is 1. The molecule has 0 aliphatic heterocycles. The van der Waals surface area contributed by atoms with Crippen LogP contribution in [0, 0.1) is 0 Å². The summed E-state index contributed by atoms with van der Waals surface area (Å²) in [6, 6.07) is -0.185. The number of rotatable bonds is 5. The van der Waals surface area contributed by atoms with Crippen molar-refractivity contribution in [1.82, 2.24) is 15.0 Å². The van der Waals surface area contributed by atoms with Gasteiger partial charge in [0.1, 0.15) is 0 Å². The van der Waals surface area contributed by atoms with E-state index in [0.717, 1.165) is 19.6 Å². The van der Waals surface area contributed by atoms with Crippen molar-refractivity contribution in [1.29, 1.82) is 0 Å². The third kappa shape index (κ3) is 3.78. The van der Waals surface area contributed by atoms with Crippen molar-refractivity contribution in [3.05, 3.63) is 11.7 Å². The van der Waals surface area contributed by atoms with Crippen LogP contribution < -0.4 is 5.73 Å². The number of nitrogens with zero attached hydrogens (tertiary/aromatic N) is 3. The Kier molecular flexibility index (Phi) is 4.65. The van der Waals surface area contributed by atoms with Gasteiger partial charge < -0.3 is 15.2 Å². The summed E-state index contributed by atoms with van der Waals surface area (Å²) in [5.74, 6) is 1.24. The fourth-order valence-corrected chi connectivity index (χ4v) is 1.53. The van der Waals surface area contributed by atoms with Crippen molar-refractivity contribution >= 4 is 0 Å².